The Hall–Kier alpha value is -3.20. The van der Waals surface area contributed by atoms with Gasteiger partial charge in [-0.25, -0.2) is 0 Å². The van der Waals surface area contributed by atoms with Crippen molar-refractivity contribution in [3.05, 3.63) is 65.7 Å². The highest BCUT2D eigenvalue weighted by Crippen LogP contribution is 2.34. The van der Waals surface area contributed by atoms with Gasteiger partial charge in [-0.05, 0) is 49.6 Å². The molecule has 160 valence electrons. The van der Waals surface area contributed by atoms with Gasteiger partial charge in [-0.2, -0.15) is 0 Å². The first-order chi connectivity index (χ1) is 15.0. The summed E-state index contributed by atoms with van der Waals surface area (Å²) >= 11 is 1.59. The highest BCUT2D eigenvalue weighted by atomic mass is 32.2. The Bertz CT molecular complexity index is 1090. The molecule has 0 aliphatic carbocycles. The van der Waals surface area contributed by atoms with E-state index in [1.165, 1.54) is 6.20 Å². The molecule has 1 saturated heterocycles. The second-order valence-electron chi connectivity index (χ2n) is 7.49. The number of amides is 2. The number of pyridine rings is 1. The summed E-state index contributed by atoms with van der Waals surface area (Å²) in [5.41, 5.74) is 2.43. The fourth-order valence-electron chi connectivity index (χ4n) is 3.46. The van der Waals surface area contributed by atoms with Crippen LogP contribution in [0.3, 0.4) is 0 Å². The van der Waals surface area contributed by atoms with Crippen molar-refractivity contribution in [3.63, 3.8) is 0 Å². The summed E-state index contributed by atoms with van der Waals surface area (Å²) in [5.74, 6) is -0.396. The molecule has 1 aromatic carbocycles. The van der Waals surface area contributed by atoms with Gasteiger partial charge in [0, 0.05) is 42.8 Å². The van der Waals surface area contributed by atoms with E-state index in [0.29, 0.717) is 11.3 Å². The Morgan fingerprint density at radius 2 is 1.97 bits per heavy atom. The Morgan fingerprint density at radius 1 is 1.16 bits per heavy atom. The second-order valence-corrected chi connectivity index (χ2v) is 8.80. The predicted octanol–water partition coefficient (Wildman–Crippen LogP) is 3.55. The van der Waals surface area contributed by atoms with E-state index in [1.54, 1.807) is 30.2 Å². The van der Waals surface area contributed by atoms with E-state index >= 15 is 0 Å². The molecule has 0 radical (unpaired) electrons. The molecule has 4 rings (SSSR count). The highest BCUT2D eigenvalue weighted by Gasteiger charge is 2.21. The molecule has 3 heterocycles. The van der Waals surface area contributed by atoms with Crippen LogP contribution in [-0.4, -0.2) is 49.6 Å². The van der Waals surface area contributed by atoms with Gasteiger partial charge in [0.05, 0.1) is 0 Å². The third kappa shape index (κ3) is 4.93. The Balaban J connectivity index is 1.45. The lowest BCUT2D eigenvalue weighted by Crippen LogP contribution is -2.28. The van der Waals surface area contributed by atoms with Crippen molar-refractivity contribution < 1.29 is 9.59 Å². The Kier molecular flexibility index (Phi) is 6.31. The van der Waals surface area contributed by atoms with Crippen LogP contribution in [0.4, 0.5) is 5.69 Å². The smallest absolute Gasteiger partial charge is 0.274 e. The number of aromatic nitrogens is 4. The largest absolute Gasteiger partial charge is 0.339 e. The number of rotatable bonds is 6. The number of benzene rings is 1. The van der Waals surface area contributed by atoms with Crippen LogP contribution >= 0.6 is 11.8 Å². The van der Waals surface area contributed by atoms with E-state index in [1.807, 2.05) is 40.8 Å². The zero-order valence-electron chi connectivity index (χ0n) is 17.5. The average Bonchev–Trinajstić information content (AvgIpc) is 3.46. The quantitative estimate of drug-likeness (QED) is 0.594. The monoisotopic (exact) mass is 436 g/mol. The molecule has 8 nitrogen and oxygen atoms in total. The number of likely N-dealkylation sites (tertiary alicyclic amines) is 1. The first kappa shape index (κ1) is 21.0. The molecule has 1 atom stereocenters. The number of hydrogen-bond acceptors (Lipinski definition) is 6. The van der Waals surface area contributed by atoms with E-state index in [0.717, 1.165) is 36.7 Å². The van der Waals surface area contributed by atoms with Crippen LogP contribution < -0.4 is 5.32 Å². The van der Waals surface area contributed by atoms with Crippen LogP contribution in [0.1, 0.15) is 51.4 Å². The predicted molar refractivity (Wildman–Crippen MR) is 119 cm³/mol. The van der Waals surface area contributed by atoms with Crippen molar-refractivity contribution in [1.82, 2.24) is 24.6 Å². The van der Waals surface area contributed by atoms with Gasteiger partial charge in [0.15, 0.2) is 5.16 Å². The fraction of sp³-hybridized carbons (Fsp3) is 0.318. The van der Waals surface area contributed by atoms with Gasteiger partial charge in [-0.3, -0.25) is 14.6 Å². The minimum Gasteiger partial charge on any atom is -0.339 e. The standard InChI is InChI=1S/C22H24N6O2S/c1-15(31-22-26-24-14-27(22)2)16-6-5-7-18(12-16)25-20(29)19-13-17(8-9-23-19)21(30)28-10-3-4-11-28/h5-9,12-15H,3-4,10-11H2,1-2H3,(H,25,29)/t15-/m0/s1. The third-order valence-corrected chi connectivity index (χ3v) is 6.40. The summed E-state index contributed by atoms with van der Waals surface area (Å²) in [6, 6.07) is 10.9. The number of hydrogen-bond donors (Lipinski definition) is 1. The number of thioether (sulfide) groups is 1. The van der Waals surface area contributed by atoms with Crippen LogP contribution in [0.5, 0.6) is 0 Å². The van der Waals surface area contributed by atoms with E-state index in [4.69, 9.17) is 0 Å². The normalized spacial score (nSPS) is 14.5. The number of aryl methyl sites for hydroxylation is 1. The number of nitrogens with zero attached hydrogens (tertiary/aromatic N) is 5. The summed E-state index contributed by atoms with van der Waals surface area (Å²) < 4.78 is 1.87. The minimum atomic E-state index is -0.346. The molecule has 1 N–H and O–H groups in total. The van der Waals surface area contributed by atoms with Gasteiger partial charge in [-0.15, -0.1) is 10.2 Å². The molecular formula is C22H24N6O2S. The van der Waals surface area contributed by atoms with E-state index in [2.05, 4.69) is 27.4 Å². The summed E-state index contributed by atoms with van der Waals surface area (Å²) in [4.78, 5) is 31.3. The van der Waals surface area contributed by atoms with Gasteiger partial charge in [0.1, 0.15) is 12.0 Å². The number of carbonyl (C=O) groups is 2. The van der Waals surface area contributed by atoms with Gasteiger partial charge in [-0.1, -0.05) is 23.9 Å². The van der Waals surface area contributed by atoms with Gasteiger partial charge < -0.3 is 14.8 Å². The summed E-state index contributed by atoms with van der Waals surface area (Å²) in [5, 5.41) is 11.9. The number of nitrogens with one attached hydrogen (secondary N) is 1. The lowest BCUT2D eigenvalue weighted by molar-refractivity contribution is 0.0792. The van der Waals surface area contributed by atoms with Gasteiger partial charge in [0.2, 0.25) is 0 Å². The zero-order chi connectivity index (χ0) is 21.8. The second kappa shape index (κ2) is 9.30. The molecular weight excluding hydrogens is 412 g/mol. The summed E-state index contributed by atoms with van der Waals surface area (Å²) in [6.07, 6.45) is 5.22. The van der Waals surface area contributed by atoms with Crippen LogP contribution in [-0.2, 0) is 7.05 Å². The van der Waals surface area contributed by atoms with Crippen LogP contribution in [0.15, 0.2) is 54.1 Å². The van der Waals surface area contributed by atoms with E-state index < -0.39 is 0 Å². The summed E-state index contributed by atoms with van der Waals surface area (Å²) in [6.45, 7) is 3.61. The first-order valence-electron chi connectivity index (χ1n) is 10.2. The molecule has 0 unspecified atom stereocenters. The van der Waals surface area contributed by atoms with Crippen molar-refractivity contribution in [3.8, 4) is 0 Å². The molecule has 2 amide bonds. The maximum absolute atomic E-state index is 12.8. The first-order valence-corrected chi connectivity index (χ1v) is 11.1. The molecule has 0 saturated carbocycles. The Labute approximate surface area is 185 Å². The molecule has 1 aliphatic rings. The lowest BCUT2D eigenvalue weighted by atomic mass is 10.1. The third-order valence-electron chi connectivity index (χ3n) is 5.20. The molecule has 2 aromatic heterocycles. The van der Waals surface area contributed by atoms with Crippen molar-refractivity contribution in [2.75, 3.05) is 18.4 Å². The van der Waals surface area contributed by atoms with Crippen LogP contribution in [0, 0.1) is 0 Å². The summed E-state index contributed by atoms with van der Waals surface area (Å²) in [7, 11) is 1.90. The SMILES string of the molecule is C[C@H](Sc1nncn1C)c1cccc(NC(=O)c2cc(C(=O)N3CCCC3)ccn2)c1. The zero-order valence-corrected chi connectivity index (χ0v) is 18.3. The molecule has 31 heavy (non-hydrogen) atoms. The number of carbonyl (C=O) groups excluding carboxylic acids is 2. The molecule has 1 fully saturated rings. The van der Waals surface area contributed by atoms with Gasteiger partial charge >= 0.3 is 0 Å². The molecule has 0 spiro atoms. The average molecular weight is 437 g/mol. The molecule has 9 heteroatoms. The van der Waals surface area contributed by atoms with Crippen LogP contribution in [0.25, 0.3) is 0 Å². The molecule has 1 aliphatic heterocycles. The van der Waals surface area contributed by atoms with Gasteiger partial charge in [0.25, 0.3) is 11.8 Å². The minimum absolute atomic E-state index is 0.0504. The van der Waals surface area contributed by atoms with Crippen molar-refractivity contribution in [2.45, 2.75) is 30.2 Å². The Morgan fingerprint density at radius 3 is 2.71 bits per heavy atom. The van der Waals surface area contributed by atoms with Crippen molar-refractivity contribution in [1.29, 1.82) is 0 Å². The number of anilines is 1. The fourth-order valence-corrected chi connectivity index (χ4v) is 4.37. The maximum atomic E-state index is 12.8. The van der Waals surface area contributed by atoms with Crippen LogP contribution in [0.2, 0.25) is 0 Å². The lowest BCUT2D eigenvalue weighted by Gasteiger charge is -2.15. The highest BCUT2D eigenvalue weighted by molar-refractivity contribution is 7.99. The molecule has 3 aromatic rings. The topological polar surface area (TPSA) is 93.0 Å². The maximum Gasteiger partial charge on any atom is 0.274 e. The van der Waals surface area contributed by atoms with E-state index in [9.17, 15) is 9.59 Å². The van der Waals surface area contributed by atoms with E-state index in [-0.39, 0.29) is 22.8 Å². The van der Waals surface area contributed by atoms with Crippen molar-refractivity contribution >= 4 is 29.3 Å². The van der Waals surface area contributed by atoms with Crippen molar-refractivity contribution in [2.24, 2.45) is 7.05 Å². The molecule has 0 bridgehead atoms.